The Morgan fingerprint density at radius 2 is 2.15 bits per heavy atom. The molecule has 1 atom stereocenters. The largest absolute Gasteiger partial charge is 0.487 e. The Kier molecular flexibility index (Phi) is 4.34. The summed E-state index contributed by atoms with van der Waals surface area (Å²) in [6.07, 6.45) is 5.15. The fourth-order valence-corrected chi connectivity index (χ4v) is 3.51. The number of aryl methyl sites for hydroxylation is 2. The van der Waals surface area contributed by atoms with Crippen molar-refractivity contribution in [3.8, 4) is 17.0 Å². The number of hydrogen-bond acceptors (Lipinski definition) is 4. The summed E-state index contributed by atoms with van der Waals surface area (Å²) < 4.78 is 20.2. The molecule has 1 aromatic heterocycles. The normalized spacial score (nSPS) is 18.8. The fraction of sp³-hybridized carbons (Fsp3) is 0.450. The average Bonchev–Trinajstić information content (AvgIpc) is 2.95. The van der Waals surface area contributed by atoms with Crippen molar-refractivity contribution in [2.45, 2.75) is 45.6 Å². The summed E-state index contributed by atoms with van der Waals surface area (Å²) in [6, 6.07) is 2.95. The van der Waals surface area contributed by atoms with E-state index >= 15 is 0 Å². The Balaban J connectivity index is 1.56. The van der Waals surface area contributed by atoms with E-state index in [4.69, 9.17) is 4.74 Å². The molecule has 0 saturated heterocycles. The van der Waals surface area contributed by atoms with Gasteiger partial charge in [0.1, 0.15) is 17.7 Å². The highest BCUT2D eigenvalue weighted by molar-refractivity contribution is 5.79. The first kappa shape index (κ1) is 16.9. The van der Waals surface area contributed by atoms with E-state index in [1.54, 1.807) is 6.20 Å². The second-order valence-corrected chi connectivity index (χ2v) is 7.20. The lowest BCUT2D eigenvalue weighted by Gasteiger charge is -2.24. The zero-order valence-electron chi connectivity index (χ0n) is 15.0. The maximum atomic E-state index is 14.2. The fourth-order valence-electron chi connectivity index (χ4n) is 3.51. The van der Waals surface area contributed by atoms with E-state index in [1.807, 2.05) is 13.8 Å². The Morgan fingerprint density at radius 3 is 2.88 bits per heavy atom. The first-order valence-corrected chi connectivity index (χ1v) is 9.08. The summed E-state index contributed by atoms with van der Waals surface area (Å²) in [5.74, 6) is 0.584. The lowest BCUT2D eigenvalue weighted by Crippen LogP contribution is -2.40. The molecule has 2 aromatic rings. The molecule has 6 heteroatoms. The lowest BCUT2D eigenvalue weighted by atomic mass is 9.85. The van der Waals surface area contributed by atoms with Crippen LogP contribution in [-0.2, 0) is 11.2 Å². The van der Waals surface area contributed by atoms with Crippen molar-refractivity contribution in [3.63, 3.8) is 0 Å². The third-order valence-electron chi connectivity index (χ3n) is 5.17. The van der Waals surface area contributed by atoms with Crippen LogP contribution in [0.15, 0.2) is 18.3 Å². The number of nitrogens with one attached hydrogen (secondary N) is 1. The number of nitrogens with zero attached hydrogens (tertiary/aromatic N) is 2. The summed E-state index contributed by atoms with van der Waals surface area (Å²) in [6.45, 7) is 4.14. The predicted octanol–water partition coefficient (Wildman–Crippen LogP) is 3.12. The minimum atomic E-state index is -0.316. The minimum Gasteiger partial charge on any atom is -0.487 e. The van der Waals surface area contributed by atoms with Crippen LogP contribution in [-0.4, -0.2) is 28.5 Å². The first-order valence-electron chi connectivity index (χ1n) is 9.08. The van der Waals surface area contributed by atoms with E-state index < -0.39 is 0 Å². The van der Waals surface area contributed by atoms with Gasteiger partial charge in [-0.05, 0) is 38.8 Å². The third kappa shape index (κ3) is 3.16. The number of benzene rings is 1. The van der Waals surface area contributed by atoms with Crippen LogP contribution in [0.25, 0.3) is 11.3 Å². The zero-order chi connectivity index (χ0) is 18.3. The smallest absolute Gasteiger partial charge is 0.223 e. The van der Waals surface area contributed by atoms with Crippen LogP contribution in [0, 0.1) is 25.6 Å². The van der Waals surface area contributed by atoms with Gasteiger partial charge in [0.25, 0.3) is 0 Å². The predicted molar refractivity (Wildman–Crippen MR) is 95.4 cm³/mol. The zero-order valence-corrected chi connectivity index (χ0v) is 15.0. The van der Waals surface area contributed by atoms with Gasteiger partial charge in [0.2, 0.25) is 5.91 Å². The van der Waals surface area contributed by atoms with Gasteiger partial charge in [-0.3, -0.25) is 9.78 Å². The molecule has 1 amide bonds. The summed E-state index contributed by atoms with van der Waals surface area (Å²) >= 11 is 0. The molecule has 136 valence electrons. The molecule has 0 bridgehead atoms. The quantitative estimate of drug-likeness (QED) is 0.915. The lowest BCUT2D eigenvalue weighted by molar-refractivity contribution is -0.127. The molecule has 26 heavy (non-hydrogen) atoms. The summed E-state index contributed by atoms with van der Waals surface area (Å²) in [5, 5.41) is 2.97. The summed E-state index contributed by atoms with van der Waals surface area (Å²) in [7, 11) is 0. The van der Waals surface area contributed by atoms with E-state index in [9.17, 15) is 9.18 Å². The van der Waals surface area contributed by atoms with Gasteiger partial charge in [0.15, 0.2) is 0 Å². The standard InChI is InChI=1S/C20H22FN3O2/c1-11-9-22-12(2)18(24-11)17-8-15(21)6-14-7-16(26-19(14)17)10-23-20(25)13-4-3-5-13/h6,8-9,13,16H,3-5,7,10H2,1-2H3,(H,23,25)/t16-/m0/s1. The Bertz CT molecular complexity index is 864. The SMILES string of the molecule is Cc1cnc(C)c(-c2cc(F)cc3c2O[C@H](CNC(=O)C2CCC2)C3)n1. The summed E-state index contributed by atoms with van der Waals surface area (Å²) in [4.78, 5) is 20.9. The van der Waals surface area contributed by atoms with Crippen LogP contribution in [0.3, 0.4) is 0 Å². The maximum Gasteiger partial charge on any atom is 0.223 e. The molecule has 1 N–H and O–H groups in total. The first-order chi connectivity index (χ1) is 12.5. The van der Waals surface area contributed by atoms with Gasteiger partial charge >= 0.3 is 0 Å². The van der Waals surface area contributed by atoms with Crippen LogP contribution in [0.4, 0.5) is 4.39 Å². The number of amides is 1. The van der Waals surface area contributed by atoms with Gasteiger partial charge in [-0.25, -0.2) is 9.37 Å². The Hall–Kier alpha value is -2.50. The average molecular weight is 355 g/mol. The minimum absolute atomic E-state index is 0.0996. The summed E-state index contributed by atoms with van der Waals surface area (Å²) in [5.41, 5.74) is 3.58. The van der Waals surface area contributed by atoms with Gasteiger partial charge in [-0.1, -0.05) is 6.42 Å². The molecule has 1 aromatic carbocycles. The van der Waals surface area contributed by atoms with Crippen LogP contribution < -0.4 is 10.1 Å². The van der Waals surface area contributed by atoms with Crippen LogP contribution >= 0.6 is 0 Å². The number of carbonyl (C=O) groups excluding carboxylic acids is 1. The van der Waals surface area contributed by atoms with Crippen molar-refractivity contribution in [1.82, 2.24) is 15.3 Å². The monoisotopic (exact) mass is 355 g/mol. The molecule has 1 aliphatic heterocycles. The second kappa shape index (κ2) is 6.67. The van der Waals surface area contributed by atoms with Crippen molar-refractivity contribution in [1.29, 1.82) is 0 Å². The van der Waals surface area contributed by atoms with E-state index in [-0.39, 0.29) is 23.7 Å². The van der Waals surface area contributed by atoms with Gasteiger partial charge in [0.05, 0.1) is 23.6 Å². The number of fused-ring (bicyclic) bond motifs is 1. The molecule has 1 saturated carbocycles. The van der Waals surface area contributed by atoms with Gasteiger partial charge in [0, 0.05) is 29.7 Å². The van der Waals surface area contributed by atoms with Crippen LogP contribution in [0.5, 0.6) is 5.75 Å². The van der Waals surface area contributed by atoms with Crippen molar-refractivity contribution in [3.05, 3.63) is 41.1 Å². The highest BCUT2D eigenvalue weighted by Gasteiger charge is 2.30. The molecule has 2 heterocycles. The molecule has 1 aliphatic carbocycles. The highest BCUT2D eigenvalue weighted by atomic mass is 19.1. The van der Waals surface area contributed by atoms with Crippen molar-refractivity contribution >= 4 is 5.91 Å². The van der Waals surface area contributed by atoms with Gasteiger partial charge in [-0.15, -0.1) is 0 Å². The topological polar surface area (TPSA) is 64.1 Å². The van der Waals surface area contributed by atoms with Crippen LogP contribution in [0.2, 0.25) is 0 Å². The van der Waals surface area contributed by atoms with Crippen molar-refractivity contribution < 1.29 is 13.9 Å². The highest BCUT2D eigenvalue weighted by Crippen LogP contribution is 2.39. The molecule has 1 fully saturated rings. The number of aromatic nitrogens is 2. The molecule has 0 unspecified atom stereocenters. The second-order valence-electron chi connectivity index (χ2n) is 7.20. The number of hydrogen-bond donors (Lipinski definition) is 1. The van der Waals surface area contributed by atoms with E-state index in [0.29, 0.717) is 30.0 Å². The van der Waals surface area contributed by atoms with Gasteiger partial charge < -0.3 is 10.1 Å². The van der Waals surface area contributed by atoms with E-state index in [0.717, 1.165) is 36.2 Å². The Morgan fingerprint density at radius 1 is 1.35 bits per heavy atom. The maximum absolute atomic E-state index is 14.2. The number of halogens is 1. The van der Waals surface area contributed by atoms with Gasteiger partial charge in [-0.2, -0.15) is 0 Å². The number of ether oxygens (including phenoxy) is 1. The molecule has 5 nitrogen and oxygen atoms in total. The Labute approximate surface area is 152 Å². The van der Waals surface area contributed by atoms with Crippen LogP contribution in [0.1, 0.15) is 36.2 Å². The molecular formula is C20H22FN3O2. The molecule has 0 spiro atoms. The number of rotatable bonds is 4. The molecular weight excluding hydrogens is 333 g/mol. The molecule has 2 aliphatic rings. The molecule has 4 rings (SSSR count). The molecule has 0 radical (unpaired) electrons. The third-order valence-corrected chi connectivity index (χ3v) is 5.17. The van der Waals surface area contributed by atoms with E-state index in [1.165, 1.54) is 12.1 Å². The van der Waals surface area contributed by atoms with E-state index in [2.05, 4.69) is 15.3 Å². The van der Waals surface area contributed by atoms with Crippen molar-refractivity contribution in [2.75, 3.05) is 6.54 Å². The number of carbonyl (C=O) groups is 1. The van der Waals surface area contributed by atoms with Crippen molar-refractivity contribution in [2.24, 2.45) is 5.92 Å².